The van der Waals surface area contributed by atoms with E-state index in [-0.39, 0.29) is 11.5 Å². The van der Waals surface area contributed by atoms with E-state index in [4.69, 9.17) is 4.74 Å². The third kappa shape index (κ3) is 5.00. The van der Waals surface area contributed by atoms with Crippen LogP contribution in [-0.4, -0.2) is 66.1 Å². The number of carbonyl (C=O) groups is 1. The third-order valence-electron chi connectivity index (χ3n) is 7.48. The Bertz CT molecular complexity index is 1360. The van der Waals surface area contributed by atoms with E-state index in [0.717, 1.165) is 104 Å². The van der Waals surface area contributed by atoms with Crippen LogP contribution in [0.4, 0.5) is 11.4 Å². The summed E-state index contributed by atoms with van der Waals surface area (Å²) in [5.74, 6) is 0.741. The number of benzene rings is 1. The fourth-order valence-corrected chi connectivity index (χ4v) is 5.38. The average molecular weight is 503 g/mol. The molecule has 0 radical (unpaired) electrons. The van der Waals surface area contributed by atoms with E-state index in [1.54, 1.807) is 6.20 Å². The molecule has 0 atom stereocenters. The first-order chi connectivity index (χ1) is 18.1. The minimum atomic E-state index is -0.0849. The Labute approximate surface area is 216 Å². The number of aromatic amines is 1. The topological polar surface area (TPSA) is 103 Å². The number of pyridine rings is 2. The molecule has 0 unspecified atom stereocenters. The maximum absolute atomic E-state index is 12.7. The van der Waals surface area contributed by atoms with Crippen molar-refractivity contribution in [1.29, 1.82) is 0 Å². The number of fused-ring (bicyclic) bond motifs is 3. The van der Waals surface area contributed by atoms with E-state index in [1.807, 2.05) is 19.1 Å². The zero-order chi connectivity index (χ0) is 25.4. The number of carbonyl (C=O) groups excluding carboxylic acids is 1. The molecule has 4 heterocycles. The van der Waals surface area contributed by atoms with Gasteiger partial charge in [-0.05, 0) is 62.4 Å². The number of ether oxygens (including phenoxy) is 1. The lowest BCUT2D eigenvalue weighted by atomic mass is 9.99. The molecule has 1 saturated carbocycles. The zero-order valence-electron chi connectivity index (χ0n) is 21.3. The van der Waals surface area contributed by atoms with Gasteiger partial charge in [0.1, 0.15) is 11.4 Å². The molecule has 3 aliphatic rings. The molecule has 3 aromatic rings. The summed E-state index contributed by atoms with van der Waals surface area (Å²) in [5, 5.41) is 7.41. The minimum Gasteiger partial charge on any atom is -0.493 e. The molecule has 1 aromatic carbocycles. The Morgan fingerprint density at radius 1 is 1.19 bits per heavy atom. The second-order valence-electron chi connectivity index (χ2n) is 10.2. The Kier molecular flexibility index (Phi) is 6.46. The summed E-state index contributed by atoms with van der Waals surface area (Å²) in [4.78, 5) is 37.2. The molecule has 1 amide bonds. The lowest BCUT2D eigenvalue weighted by molar-refractivity contribution is 0.0946. The van der Waals surface area contributed by atoms with Crippen LogP contribution in [0.5, 0.6) is 5.75 Å². The molecule has 2 fully saturated rings. The van der Waals surface area contributed by atoms with Crippen molar-refractivity contribution in [1.82, 2.24) is 20.2 Å². The van der Waals surface area contributed by atoms with Crippen LogP contribution in [0.1, 0.15) is 47.8 Å². The first-order valence-corrected chi connectivity index (χ1v) is 13.4. The molecule has 9 heteroatoms. The summed E-state index contributed by atoms with van der Waals surface area (Å²) in [6.45, 7) is 7.81. The number of nitrogens with zero attached hydrogens (tertiary/aromatic N) is 3. The highest BCUT2D eigenvalue weighted by Crippen LogP contribution is 2.36. The van der Waals surface area contributed by atoms with Gasteiger partial charge in [-0.15, -0.1) is 0 Å². The van der Waals surface area contributed by atoms with Crippen molar-refractivity contribution >= 4 is 28.2 Å². The molecule has 0 bridgehead atoms. The van der Waals surface area contributed by atoms with Crippen molar-refractivity contribution in [2.24, 2.45) is 0 Å². The highest BCUT2D eigenvalue weighted by Gasteiger charge is 2.25. The lowest BCUT2D eigenvalue weighted by Crippen LogP contribution is -2.46. The Morgan fingerprint density at radius 2 is 2.03 bits per heavy atom. The van der Waals surface area contributed by atoms with Crippen LogP contribution >= 0.6 is 0 Å². The summed E-state index contributed by atoms with van der Waals surface area (Å²) in [6.07, 6.45) is 5.69. The Morgan fingerprint density at radius 3 is 2.76 bits per heavy atom. The van der Waals surface area contributed by atoms with E-state index in [9.17, 15) is 9.59 Å². The van der Waals surface area contributed by atoms with Gasteiger partial charge in [0.05, 0.1) is 35.1 Å². The minimum absolute atomic E-state index is 0.00689. The summed E-state index contributed by atoms with van der Waals surface area (Å²) in [7, 11) is 0. The fourth-order valence-electron chi connectivity index (χ4n) is 5.38. The van der Waals surface area contributed by atoms with Crippen molar-refractivity contribution in [3.05, 3.63) is 57.6 Å². The molecule has 2 aliphatic heterocycles. The van der Waals surface area contributed by atoms with Crippen LogP contribution in [-0.2, 0) is 13.0 Å². The van der Waals surface area contributed by atoms with Gasteiger partial charge in [0.2, 0.25) is 0 Å². The van der Waals surface area contributed by atoms with Gasteiger partial charge >= 0.3 is 0 Å². The second kappa shape index (κ2) is 10.0. The van der Waals surface area contributed by atoms with Gasteiger partial charge < -0.3 is 25.3 Å². The van der Waals surface area contributed by atoms with Crippen molar-refractivity contribution in [3.63, 3.8) is 0 Å². The number of anilines is 2. The molecule has 194 valence electrons. The molecule has 6 rings (SSSR count). The Balaban J connectivity index is 1.14. The van der Waals surface area contributed by atoms with Gasteiger partial charge in [0.15, 0.2) is 0 Å². The Hall–Kier alpha value is -3.59. The largest absolute Gasteiger partial charge is 0.493 e. The molecular formula is C28H34N6O3. The van der Waals surface area contributed by atoms with E-state index >= 15 is 0 Å². The molecule has 1 aliphatic carbocycles. The smallest absolute Gasteiger partial charge is 0.270 e. The fraction of sp³-hybridized carbons (Fsp3) is 0.464. The third-order valence-corrected chi connectivity index (χ3v) is 7.48. The quantitative estimate of drug-likeness (QED) is 0.457. The maximum atomic E-state index is 12.7. The summed E-state index contributed by atoms with van der Waals surface area (Å²) < 4.78 is 6.06. The van der Waals surface area contributed by atoms with Crippen LogP contribution in [0.3, 0.4) is 0 Å². The van der Waals surface area contributed by atoms with Gasteiger partial charge in [-0.2, -0.15) is 0 Å². The number of piperazine rings is 1. The van der Waals surface area contributed by atoms with Crippen molar-refractivity contribution in [2.75, 3.05) is 49.5 Å². The number of rotatable bonds is 7. The lowest BCUT2D eigenvalue weighted by Gasteiger charge is -2.36. The van der Waals surface area contributed by atoms with Crippen LogP contribution < -0.4 is 25.8 Å². The van der Waals surface area contributed by atoms with Crippen molar-refractivity contribution < 1.29 is 9.53 Å². The second-order valence-corrected chi connectivity index (χ2v) is 10.2. The van der Waals surface area contributed by atoms with Gasteiger partial charge in [0, 0.05) is 50.9 Å². The van der Waals surface area contributed by atoms with E-state index < -0.39 is 0 Å². The first kappa shape index (κ1) is 23.8. The zero-order valence-corrected chi connectivity index (χ0v) is 21.3. The maximum Gasteiger partial charge on any atom is 0.270 e. The number of hydrogen-bond donors (Lipinski definition) is 3. The van der Waals surface area contributed by atoms with E-state index in [2.05, 4.69) is 42.5 Å². The van der Waals surface area contributed by atoms with Crippen LogP contribution in [0.25, 0.3) is 10.9 Å². The number of hydrogen-bond acceptors (Lipinski definition) is 7. The molecule has 3 N–H and O–H groups in total. The van der Waals surface area contributed by atoms with Gasteiger partial charge in [0.25, 0.3) is 11.5 Å². The SMILES string of the molecule is CCOc1cc(CN2CCN(c3ccc(C(=O)NC4CC4)nc3)CC2)cc2[nH]c(=O)c3c(c12)NCCC3. The van der Waals surface area contributed by atoms with Gasteiger partial charge in [-0.3, -0.25) is 14.5 Å². The number of amides is 1. The monoisotopic (exact) mass is 502 g/mol. The van der Waals surface area contributed by atoms with Crippen molar-refractivity contribution in [3.8, 4) is 5.75 Å². The highest BCUT2D eigenvalue weighted by atomic mass is 16.5. The van der Waals surface area contributed by atoms with E-state index in [1.165, 1.54) is 0 Å². The van der Waals surface area contributed by atoms with Gasteiger partial charge in [-0.25, -0.2) is 4.98 Å². The predicted octanol–water partition coefficient (Wildman–Crippen LogP) is 2.89. The molecule has 37 heavy (non-hydrogen) atoms. The summed E-state index contributed by atoms with van der Waals surface area (Å²) in [6, 6.07) is 8.36. The average Bonchev–Trinajstić information content (AvgIpc) is 3.73. The summed E-state index contributed by atoms with van der Waals surface area (Å²) >= 11 is 0. The normalized spacial score (nSPS) is 17.8. The van der Waals surface area contributed by atoms with Crippen LogP contribution in [0.15, 0.2) is 35.3 Å². The molecule has 0 spiro atoms. The number of H-pyrrole nitrogens is 1. The van der Waals surface area contributed by atoms with Crippen LogP contribution in [0.2, 0.25) is 0 Å². The predicted molar refractivity (Wildman–Crippen MR) is 145 cm³/mol. The molecule has 9 nitrogen and oxygen atoms in total. The molecular weight excluding hydrogens is 468 g/mol. The summed E-state index contributed by atoms with van der Waals surface area (Å²) in [5.41, 5.74) is 5.23. The van der Waals surface area contributed by atoms with E-state index in [0.29, 0.717) is 18.3 Å². The first-order valence-electron chi connectivity index (χ1n) is 13.4. The standard InChI is InChI=1S/C28H34N6O3/c1-2-37-24-15-18(14-23-25(24)26-21(27(35)32-23)4-3-9-29-26)17-33-10-12-34(13-11-33)20-7-8-22(30-16-20)28(36)31-19-5-6-19/h7-8,14-16,19,29H,2-6,9-13,17H2,1H3,(H,31,36)(H,32,35). The number of aromatic nitrogens is 2. The number of nitrogens with one attached hydrogen (secondary N) is 3. The highest BCUT2D eigenvalue weighted by molar-refractivity contribution is 5.98. The molecule has 2 aromatic heterocycles. The molecule has 1 saturated heterocycles. The van der Waals surface area contributed by atoms with Gasteiger partial charge in [-0.1, -0.05) is 0 Å². The van der Waals surface area contributed by atoms with Crippen LogP contribution in [0, 0.1) is 0 Å². The van der Waals surface area contributed by atoms with Crippen molar-refractivity contribution in [2.45, 2.75) is 45.2 Å².